The molecule has 2 N–H and O–H groups in total. The monoisotopic (exact) mass is 384 g/mol. The first kappa shape index (κ1) is 18.1. The molecule has 8 heteroatoms. The van der Waals surface area contributed by atoms with Crippen molar-refractivity contribution in [1.82, 2.24) is 25.0 Å². The summed E-state index contributed by atoms with van der Waals surface area (Å²) in [5, 5.41) is 7.17. The van der Waals surface area contributed by atoms with Gasteiger partial charge in [-0.15, -0.1) is 0 Å². The lowest BCUT2D eigenvalue weighted by molar-refractivity contribution is 0.247. The van der Waals surface area contributed by atoms with E-state index in [0.717, 1.165) is 54.3 Å². The average Bonchev–Trinajstić information content (AvgIpc) is 3.23. The highest BCUT2D eigenvalue weighted by Crippen LogP contribution is 2.23. The molecule has 0 saturated carbocycles. The molecule has 2 aromatic heterocycles. The number of thiazole rings is 1. The minimum atomic E-state index is -0.0880. The summed E-state index contributed by atoms with van der Waals surface area (Å²) in [6.45, 7) is 9.64. The van der Waals surface area contributed by atoms with Gasteiger partial charge < -0.3 is 5.32 Å². The fraction of sp³-hybridized carbons (Fsp3) is 0.421. The van der Waals surface area contributed by atoms with Crippen molar-refractivity contribution in [3.05, 3.63) is 45.9 Å². The second-order valence-electron chi connectivity index (χ2n) is 6.78. The maximum Gasteiger partial charge on any atom is 0.282 e. The Balaban J connectivity index is 1.56. The van der Waals surface area contributed by atoms with Gasteiger partial charge in [0, 0.05) is 44.1 Å². The molecule has 0 unspecified atom stereocenters. The smallest absolute Gasteiger partial charge is 0.282 e. The molecule has 7 nitrogen and oxygen atoms in total. The Bertz CT molecular complexity index is 991. The molecule has 1 fully saturated rings. The lowest BCUT2D eigenvalue weighted by Gasteiger charge is -2.26. The largest absolute Gasteiger partial charge is 0.314 e. The van der Waals surface area contributed by atoms with E-state index in [-0.39, 0.29) is 5.56 Å². The minimum absolute atomic E-state index is 0.0880. The van der Waals surface area contributed by atoms with Gasteiger partial charge in [-0.2, -0.15) is 4.68 Å². The van der Waals surface area contributed by atoms with E-state index < -0.39 is 0 Å². The summed E-state index contributed by atoms with van der Waals surface area (Å²) >= 11 is 1.50. The third kappa shape index (κ3) is 3.73. The van der Waals surface area contributed by atoms with Gasteiger partial charge in [0.2, 0.25) is 5.13 Å². The van der Waals surface area contributed by atoms with E-state index in [1.165, 1.54) is 16.0 Å². The third-order valence-corrected chi connectivity index (χ3v) is 5.90. The molecule has 1 aromatic carbocycles. The van der Waals surface area contributed by atoms with E-state index in [9.17, 15) is 4.79 Å². The predicted octanol–water partition coefficient (Wildman–Crippen LogP) is 1.80. The SMILES string of the molecule is CC(=NCCN1CCNCC1)c1c(C)[nH]n(-c2nc3ccccc3s2)c1=O. The third-order valence-electron chi connectivity index (χ3n) is 4.88. The summed E-state index contributed by atoms with van der Waals surface area (Å²) in [4.78, 5) is 24.6. The van der Waals surface area contributed by atoms with Crippen molar-refractivity contribution in [1.29, 1.82) is 0 Å². The van der Waals surface area contributed by atoms with Crippen LogP contribution in [0, 0.1) is 6.92 Å². The molecule has 0 amide bonds. The number of nitrogens with one attached hydrogen (secondary N) is 2. The summed E-state index contributed by atoms with van der Waals surface area (Å²) in [6.07, 6.45) is 0. The molecule has 0 bridgehead atoms. The van der Waals surface area contributed by atoms with E-state index in [4.69, 9.17) is 0 Å². The van der Waals surface area contributed by atoms with Crippen LogP contribution < -0.4 is 10.9 Å². The maximum absolute atomic E-state index is 13.0. The fourth-order valence-electron chi connectivity index (χ4n) is 3.44. The molecule has 3 aromatic rings. The Labute approximate surface area is 161 Å². The zero-order valence-electron chi connectivity index (χ0n) is 15.7. The average molecular weight is 385 g/mol. The summed E-state index contributed by atoms with van der Waals surface area (Å²) in [5.41, 5.74) is 3.07. The molecular weight excluding hydrogens is 360 g/mol. The van der Waals surface area contributed by atoms with Gasteiger partial charge in [-0.05, 0) is 26.0 Å². The van der Waals surface area contributed by atoms with Crippen molar-refractivity contribution >= 4 is 27.3 Å². The van der Waals surface area contributed by atoms with Crippen LogP contribution >= 0.6 is 11.3 Å². The zero-order valence-corrected chi connectivity index (χ0v) is 16.5. The fourth-order valence-corrected chi connectivity index (χ4v) is 4.36. The van der Waals surface area contributed by atoms with Crippen LogP contribution in [0.25, 0.3) is 15.3 Å². The molecule has 1 aliphatic heterocycles. The van der Waals surface area contributed by atoms with Gasteiger partial charge in [0.05, 0.1) is 22.3 Å². The quantitative estimate of drug-likeness (QED) is 0.658. The van der Waals surface area contributed by atoms with Crippen LogP contribution in [0.3, 0.4) is 0 Å². The van der Waals surface area contributed by atoms with E-state index in [2.05, 4.69) is 25.3 Å². The van der Waals surface area contributed by atoms with E-state index >= 15 is 0 Å². The number of nitrogens with zero attached hydrogens (tertiary/aromatic N) is 4. The highest BCUT2D eigenvalue weighted by Gasteiger charge is 2.17. The van der Waals surface area contributed by atoms with Crippen molar-refractivity contribution in [2.45, 2.75) is 13.8 Å². The van der Waals surface area contributed by atoms with Gasteiger partial charge in [0.1, 0.15) is 0 Å². The van der Waals surface area contributed by atoms with Crippen molar-refractivity contribution in [3.63, 3.8) is 0 Å². The number of piperazine rings is 1. The number of hydrogen-bond acceptors (Lipinski definition) is 6. The molecule has 0 aliphatic carbocycles. The number of aryl methyl sites for hydroxylation is 1. The molecular formula is C19H24N6OS. The number of aromatic amines is 1. The molecule has 1 aliphatic rings. The summed E-state index contributed by atoms with van der Waals surface area (Å²) in [7, 11) is 0. The first-order chi connectivity index (χ1) is 13.1. The molecule has 3 heterocycles. The Morgan fingerprint density at radius 3 is 2.85 bits per heavy atom. The van der Waals surface area contributed by atoms with Crippen molar-refractivity contribution < 1.29 is 0 Å². The van der Waals surface area contributed by atoms with E-state index in [1.807, 2.05) is 38.1 Å². The first-order valence-corrected chi connectivity index (χ1v) is 10.1. The number of para-hydroxylation sites is 1. The number of hydrogen-bond donors (Lipinski definition) is 2. The van der Waals surface area contributed by atoms with Crippen LogP contribution in [-0.2, 0) is 0 Å². The number of aliphatic imine (C=N–C) groups is 1. The zero-order chi connectivity index (χ0) is 18.8. The van der Waals surface area contributed by atoms with Crippen LogP contribution in [0.1, 0.15) is 18.2 Å². The topological polar surface area (TPSA) is 78.3 Å². The Morgan fingerprint density at radius 2 is 2.07 bits per heavy atom. The summed E-state index contributed by atoms with van der Waals surface area (Å²) < 4.78 is 2.60. The molecule has 0 spiro atoms. The van der Waals surface area contributed by atoms with Gasteiger partial charge in [0.25, 0.3) is 5.56 Å². The normalized spacial score (nSPS) is 16.3. The number of aromatic nitrogens is 3. The van der Waals surface area contributed by atoms with Gasteiger partial charge in [-0.1, -0.05) is 23.5 Å². The Kier molecular flexibility index (Phi) is 5.20. The lowest BCUT2D eigenvalue weighted by Crippen LogP contribution is -2.44. The maximum atomic E-state index is 13.0. The van der Waals surface area contributed by atoms with E-state index in [0.29, 0.717) is 17.2 Å². The van der Waals surface area contributed by atoms with Crippen LogP contribution in [0.15, 0.2) is 34.1 Å². The van der Waals surface area contributed by atoms with Crippen LogP contribution in [0.4, 0.5) is 0 Å². The van der Waals surface area contributed by atoms with Crippen molar-refractivity contribution in [2.24, 2.45) is 4.99 Å². The highest BCUT2D eigenvalue weighted by molar-refractivity contribution is 7.20. The van der Waals surface area contributed by atoms with Crippen LogP contribution in [0.5, 0.6) is 0 Å². The summed E-state index contributed by atoms with van der Waals surface area (Å²) in [5.74, 6) is 0. The standard InChI is InChI=1S/C19H24N6OS/c1-13(21-9-12-24-10-7-20-8-11-24)17-14(2)23-25(18(17)26)19-22-15-5-3-4-6-16(15)27-19/h3-6,20,23H,7-12H2,1-2H3. The highest BCUT2D eigenvalue weighted by atomic mass is 32.1. The number of fused-ring (bicyclic) bond motifs is 1. The number of H-pyrrole nitrogens is 1. The second-order valence-corrected chi connectivity index (χ2v) is 7.78. The molecule has 4 rings (SSSR count). The van der Waals surface area contributed by atoms with Gasteiger partial charge >= 0.3 is 0 Å². The van der Waals surface area contributed by atoms with E-state index in [1.54, 1.807) is 0 Å². The van der Waals surface area contributed by atoms with Crippen molar-refractivity contribution in [3.8, 4) is 5.13 Å². The molecule has 0 atom stereocenters. The van der Waals surface area contributed by atoms with Crippen LogP contribution in [0.2, 0.25) is 0 Å². The van der Waals surface area contributed by atoms with Crippen LogP contribution in [-0.4, -0.2) is 64.6 Å². The number of benzene rings is 1. The summed E-state index contributed by atoms with van der Waals surface area (Å²) in [6, 6.07) is 7.91. The molecule has 27 heavy (non-hydrogen) atoms. The number of rotatable bonds is 5. The van der Waals surface area contributed by atoms with Crippen molar-refractivity contribution in [2.75, 3.05) is 39.3 Å². The Morgan fingerprint density at radius 1 is 1.30 bits per heavy atom. The van der Waals surface area contributed by atoms with Gasteiger partial charge in [0.15, 0.2) is 0 Å². The van der Waals surface area contributed by atoms with Gasteiger partial charge in [-0.3, -0.25) is 19.8 Å². The second kappa shape index (κ2) is 7.75. The Hall–Kier alpha value is -2.29. The molecule has 0 radical (unpaired) electrons. The lowest BCUT2D eigenvalue weighted by atomic mass is 10.2. The minimum Gasteiger partial charge on any atom is -0.314 e. The van der Waals surface area contributed by atoms with Gasteiger partial charge in [-0.25, -0.2) is 4.98 Å². The first-order valence-electron chi connectivity index (χ1n) is 9.25. The molecule has 142 valence electrons. The molecule has 1 saturated heterocycles. The predicted molar refractivity (Wildman–Crippen MR) is 111 cm³/mol.